The van der Waals surface area contributed by atoms with Crippen molar-refractivity contribution in [3.63, 3.8) is 0 Å². The summed E-state index contributed by atoms with van der Waals surface area (Å²) in [6.07, 6.45) is 1.11. The van der Waals surface area contributed by atoms with Crippen LogP contribution >= 0.6 is 0 Å². The molecule has 1 unspecified atom stereocenters. The third-order valence-corrected chi connectivity index (χ3v) is 4.54. The number of nitrogens with one attached hydrogen (secondary N) is 1. The fourth-order valence-corrected chi connectivity index (χ4v) is 3.25. The zero-order valence-corrected chi connectivity index (χ0v) is 12.7. The van der Waals surface area contributed by atoms with E-state index in [1.165, 1.54) is 6.07 Å². The highest BCUT2D eigenvalue weighted by atomic mass is 19.1. The summed E-state index contributed by atoms with van der Waals surface area (Å²) in [4.78, 5) is 26.8. The standard InChI is InChI=1S/C15H19FN4O3/c16-11-1-2-13(14(9-11)20(22)23)15(21)19-7-5-18(6-8-19)12-3-4-17-10-12/h1-2,9,12,17H,3-8,10H2. The Morgan fingerprint density at radius 2 is 2.04 bits per heavy atom. The van der Waals surface area contributed by atoms with E-state index in [4.69, 9.17) is 0 Å². The smallest absolute Gasteiger partial charge is 0.285 e. The first-order valence-electron chi connectivity index (χ1n) is 7.74. The van der Waals surface area contributed by atoms with E-state index in [0.717, 1.165) is 44.7 Å². The lowest BCUT2D eigenvalue weighted by Gasteiger charge is -2.37. The largest absolute Gasteiger partial charge is 0.336 e. The molecule has 1 amide bonds. The van der Waals surface area contributed by atoms with Gasteiger partial charge >= 0.3 is 0 Å². The highest BCUT2D eigenvalue weighted by Gasteiger charge is 2.30. The molecule has 124 valence electrons. The van der Waals surface area contributed by atoms with Gasteiger partial charge in [-0.05, 0) is 25.1 Å². The topological polar surface area (TPSA) is 78.7 Å². The van der Waals surface area contributed by atoms with Gasteiger partial charge in [-0.2, -0.15) is 0 Å². The van der Waals surface area contributed by atoms with E-state index >= 15 is 0 Å². The molecule has 0 radical (unpaired) electrons. The summed E-state index contributed by atoms with van der Waals surface area (Å²) in [6, 6.07) is 3.59. The lowest BCUT2D eigenvalue weighted by Crippen LogP contribution is -2.52. The zero-order chi connectivity index (χ0) is 16.4. The average Bonchev–Trinajstić information content (AvgIpc) is 3.09. The van der Waals surface area contributed by atoms with Crippen molar-refractivity contribution in [1.29, 1.82) is 0 Å². The molecule has 2 heterocycles. The first-order valence-corrected chi connectivity index (χ1v) is 7.74. The molecular weight excluding hydrogens is 303 g/mol. The Bertz CT molecular complexity index is 611. The third kappa shape index (κ3) is 3.32. The van der Waals surface area contributed by atoms with Gasteiger partial charge in [0.15, 0.2) is 0 Å². The Labute approximate surface area is 133 Å². The Morgan fingerprint density at radius 1 is 1.30 bits per heavy atom. The third-order valence-electron chi connectivity index (χ3n) is 4.54. The molecule has 7 nitrogen and oxygen atoms in total. The van der Waals surface area contributed by atoms with Gasteiger partial charge in [-0.25, -0.2) is 4.39 Å². The predicted octanol–water partition coefficient (Wildman–Crippen LogP) is 0.854. The zero-order valence-electron chi connectivity index (χ0n) is 12.7. The van der Waals surface area contributed by atoms with Crippen LogP contribution in [0.1, 0.15) is 16.8 Å². The summed E-state index contributed by atoms with van der Waals surface area (Å²) >= 11 is 0. The van der Waals surface area contributed by atoms with Crippen LogP contribution in [-0.4, -0.2) is 65.9 Å². The Balaban J connectivity index is 1.69. The van der Waals surface area contributed by atoms with Gasteiger partial charge in [-0.15, -0.1) is 0 Å². The maximum atomic E-state index is 13.2. The molecule has 2 aliphatic heterocycles. The molecule has 8 heteroatoms. The molecule has 1 aromatic rings. The van der Waals surface area contributed by atoms with Crippen LogP contribution in [-0.2, 0) is 0 Å². The quantitative estimate of drug-likeness (QED) is 0.659. The van der Waals surface area contributed by atoms with Crippen molar-refractivity contribution in [2.45, 2.75) is 12.5 Å². The molecule has 3 rings (SSSR count). The van der Waals surface area contributed by atoms with Gasteiger partial charge < -0.3 is 10.2 Å². The second-order valence-corrected chi connectivity index (χ2v) is 5.89. The Hall–Kier alpha value is -2.06. The minimum atomic E-state index is -0.716. The van der Waals surface area contributed by atoms with Crippen LogP contribution in [0.3, 0.4) is 0 Å². The van der Waals surface area contributed by atoms with E-state index in [0.29, 0.717) is 19.1 Å². The average molecular weight is 322 g/mol. The molecule has 2 aliphatic rings. The Kier molecular flexibility index (Phi) is 4.53. The first kappa shape index (κ1) is 15.8. The molecule has 1 N–H and O–H groups in total. The lowest BCUT2D eigenvalue weighted by atomic mass is 10.1. The highest BCUT2D eigenvalue weighted by molar-refractivity contribution is 5.98. The van der Waals surface area contributed by atoms with Crippen LogP contribution in [0.25, 0.3) is 0 Å². The van der Waals surface area contributed by atoms with Gasteiger partial charge in [0.1, 0.15) is 11.4 Å². The minimum Gasteiger partial charge on any atom is -0.336 e. The minimum absolute atomic E-state index is 0.0487. The number of piperazine rings is 1. The number of nitro groups is 1. The number of carbonyl (C=O) groups excluding carboxylic acids is 1. The number of carbonyl (C=O) groups is 1. The highest BCUT2D eigenvalue weighted by Crippen LogP contribution is 2.22. The van der Waals surface area contributed by atoms with Gasteiger partial charge in [0.2, 0.25) is 0 Å². The van der Waals surface area contributed by atoms with Crippen molar-refractivity contribution in [1.82, 2.24) is 15.1 Å². The maximum absolute atomic E-state index is 13.2. The molecule has 2 saturated heterocycles. The van der Waals surface area contributed by atoms with Gasteiger partial charge in [0.25, 0.3) is 11.6 Å². The number of rotatable bonds is 3. The number of benzene rings is 1. The van der Waals surface area contributed by atoms with E-state index in [9.17, 15) is 19.3 Å². The molecule has 1 atom stereocenters. The van der Waals surface area contributed by atoms with Crippen molar-refractivity contribution in [2.24, 2.45) is 0 Å². The van der Waals surface area contributed by atoms with Crippen molar-refractivity contribution in [3.05, 3.63) is 39.7 Å². The normalized spacial score (nSPS) is 22.3. The summed E-state index contributed by atoms with van der Waals surface area (Å²) < 4.78 is 13.2. The molecule has 1 aromatic carbocycles. The number of halogens is 1. The molecule has 0 aliphatic carbocycles. The fourth-order valence-electron chi connectivity index (χ4n) is 3.25. The van der Waals surface area contributed by atoms with Crippen LogP contribution in [0, 0.1) is 15.9 Å². The second-order valence-electron chi connectivity index (χ2n) is 5.89. The summed E-state index contributed by atoms with van der Waals surface area (Å²) in [5.74, 6) is -1.12. The maximum Gasteiger partial charge on any atom is 0.285 e. The van der Waals surface area contributed by atoms with Gasteiger partial charge in [-0.1, -0.05) is 0 Å². The van der Waals surface area contributed by atoms with Gasteiger partial charge in [-0.3, -0.25) is 19.8 Å². The predicted molar refractivity (Wildman–Crippen MR) is 81.8 cm³/mol. The van der Waals surface area contributed by atoms with Crippen molar-refractivity contribution < 1.29 is 14.1 Å². The number of hydrogen-bond acceptors (Lipinski definition) is 5. The fraction of sp³-hybridized carbons (Fsp3) is 0.533. The van der Waals surface area contributed by atoms with Gasteiger partial charge in [0.05, 0.1) is 11.0 Å². The SMILES string of the molecule is O=C(c1ccc(F)cc1[N+](=O)[O-])N1CCN(C2CCNC2)CC1. The number of hydrogen-bond donors (Lipinski definition) is 1. The molecular formula is C15H19FN4O3. The lowest BCUT2D eigenvalue weighted by molar-refractivity contribution is -0.385. The summed E-state index contributed by atoms with van der Waals surface area (Å²) in [5, 5.41) is 14.4. The van der Waals surface area contributed by atoms with Crippen molar-refractivity contribution in [2.75, 3.05) is 39.3 Å². The van der Waals surface area contributed by atoms with E-state index in [2.05, 4.69) is 10.2 Å². The summed E-state index contributed by atoms with van der Waals surface area (Å²) in [6.45, 7) is 4.57. The van der Waals surface area contributed by atoms with E-state index in [-0.39, 0.29) is 5.56 Å². The van der Waals surface area contributed by atoms with Crippen molar-refractivity contribution in [3.8, 4) is 0 Å². The van der Waals surface area contributed by atoms with Crippen LogP contribution in [0.15, 0.2) is 18.2 Å². The summed E-state index contributed by atoms with van der Waals surface area (Å²) in [5.41, 5.74) is -0.523. The van der Waals surface area contributed by atoms with Crippen LogP contribution in [0.4, 0.5) is 10.1 Å². The van der Waals surface area contributed by atoms with Crippen molar-refractivity contribution >= 4 is 11.6 Å². The van der Waals surface area contributed by atoms with E-state index < -0.39 is 22.3 Å². The van der Waals surface area contributed by atoms with Gasteiger partial charge in [0, 0.05) is 38.8 Å². The molecule has 2 fully saturated rings. The van der Waals surface area contributed by atoms with Crippen LogP contribution in [0.5, 0.6) is 0 Å². The summed E-state index contributed by atoms with van der Waals surface area (Å²) in [7, 11) is 0. The van der Waals surface area contributed by atoms with E-state index in [1.807, 2.05) is 0 Å². The number of amides is 1. The second kappa shape index (κ2) is 6.59. The van der Waals surface area contributed by atoms with Crippen LogP contribution in [0.2, 0.25) is 0 Å². The number of nitrogens with zero attached hydrogens (tertiary/aromatic N) is 3. The number of nitro benzene ring substituents is 1. The molecule has 0 aromatic heterocycles. The van der Waals surface area contributed by atoms with E-state index in [1.54, 1.807) is 4.90 Å². The molecule has 0 bridgehead atoms. The first-order chi connectivity index (χ1) is 11.1. The molecule has 23 heavy (non-hydrogen) atoms. The molecule has 0 spiro atoms. The van der Waals surface area contributed by atoms with Crippen LogP contribution < -0.4 is 5.32 Å². The Morgan fingerprint density at radius 3 is 2.65 bits per heavy atom. The molecule has 0 saturated carbocycles. The monoisotopic (exact) mass is 322 g/mol.